The second kappa shape index (κ2) is 5.65. The van der Waals surface area contributed by atoms with E-state index in [1.165, 1.54) is 12.0 Å². The van der Waals surface area contributed by atoms with E-state index in [2.05, 4.69) is 0 Å². The van der Waals surface area contributed by atoms with Crippen LogP contribution in [0, 0.1) is 0 Å². The number of amides is 1. The zero-order valence-electron chi connectivity index (χ0n) is 11.8. The van der Waals surface area contributed by atoms with Crippen LogP contribution in [0.1, 0.15) is 10.4 Å². The van der Waals surface area contributed by atoms with E-state index in [0.717, 1.165) is 11.1 Å². The Morgan fingerprint density at radius 3 is 2.15 bits per heavy atom. The van der Waals surface area contributed by atoms with Crippen molar-refractivity contribution >= 4 is 5.91 Å². The van der Waals surface area contributed by atoms with Crippen LogP contribution < -0.4 is 4.74 Å². The molecule has 0 saturated heterocycles. The van der Waals surface area contributed by atoms with E-state index < -0.39 is 0 Å². The first-order valence-corrected chi connectivity index (χ1v) is 6.22. The highest BCUT2D eigenvalue weighted by Gasteiger charge is 2.09. The summed E-state index contributed by atoms with van der Waals surface area (Å²) in [6.45, 7) is 0. The molecule has 104 valence electrons. The molecule has 0 radical (unpaired) electrons. The van der Waals surface area contributed by atoms with Crippen LogP contribution in [-0.4, -0.2) is 37.1 Å². The van der Waals surface area contributed by atoms with Crippen molar-refractivity contribution in [2.24, 2.45) is 0 Å². The first-order valence-electron chi connectivity index (χ1n) is 6.22. The Labute approximate surface area is 118 Å². The Balaban J connectivity index is 2.30. The van der Waals surface area contributed by atoms with Gasteiger partial charge in [0.1, 0.15) is 0 Å². The first kappa shape index (κ1) is 13.9. The number of hydrogen-bond acceptors (Lipinski definition) is 3. The van der Waals surface area contributed by atoms with E-state index in [0.29, 0.717) is 11.3 Å². The number of rotatable bonds is 3. The Hall–Kier alpha value is -2.49. The summed E-state index contributed by atoms with van der Waals surface area (Å²) in [7, 11) is 4.95. The third-order valence-corrected chi connectivity index (χ3v) is 3.05. The lowest BCUT2D eigenvalue weighted by Crippen LogP contribution is -2.21. The summed E-state index contributed by atoms with van der Waals surface area (Å²) < 4.78 is 5.01. The fourth-order valence-corrected chi connectivity index (χ4v) is 1.93. The molecule has 1 amide bonds. The SMILES string of the molecule is COc1ccc(-c2ccc(C(=O)N(C)C)cc2)cc1O. The van der Waals surface area contributed by atoms with E-state index in [-0.39, 0.29) is 11.7 Å². The summed E-state index contributed by atoms with van der Waals surface area (Å²) in [5, 5.41) is 9.78. The topological polar surface area (TPSA) is 49.8 Å². The van der Waals surface area contributed by atoms with Crippen LogP contribution in [0.15, 0.2) is 42.5 Å². The molecule has 0 fully saturated rings. The van der Waals surface area contributed by atoms with Gasteiger partial charge < -0.3 is 14.7 Å². The Morgan fingerprint density at radius 1 is 1.05 bits per heavy atom. The third-order valence-electron chi connectivity index (χ3n) is 3.05. The van der Waals surface area contributed by atoms with Gasteiger partial charge in [0, 0.05) is 19.7 Å². The van der Waals surface area contributed by atoms with Gasteiger partial charge in [-0.1, -0.05) is 18.2 Å². The van der Waals surface area contributed by atoms with Crippen molar-refractivity contribution in [3.05, 3.63) is 48.0 Å². The van der Waals surface area contributed by atoms with Crippen molar-refractivity contribution in [2.75, 3.05) is 21.2 Å². The molecule has 0 aromatic heterocycles. The Kier molecular flexibility index (Phi) is 3.94. The standard InChI is InChI=1S/C16H17NO3/c1-17(2)16(19)12-6-4-11(5-7-12)13-8-9-15(20-3)14(18)10-13/h4-10,18H,1-3H3. The molecule has 0 aliphatic carbocycles. The number of ether oxygens (including phenoxy) is 1. The number of phenolic OH excluding ortho intramolecular Hbond substituents is 1. The van der Waals surface area contributed by atoms with Crippen molar-refractivity contribution in [1.82, 2.24) is 4.90 Å². The van der Waals surface area contributed by atoms with Crippen LogP contribution in [0.2, 0.25) is 0 Å². The maximum atomic E-state index is 11.8. The van der Waals surface area contributed by atoms with Crippen LogP contribution >= 0.6 is 0 Å². The number of carbonyl (C=O) groups excluding carboxylic acids is 1. The monoisotopic (exact) mass is 271 g/mol. The second-order valence-electron chi connectivity index (χ2n) is 4.66. The molecule has 1 N–H and O–H groups in total. The van der Waals surface area contributed by atoms with Crippen LogP contribution in [-0.2, 0) is 0 Å². The van der Waals surface area contributed by atoms with Crippen molar-refractivity contribution < 1.29 is 14.6 Å². The highest BCUT2D eigenvalue weighted by molar-refractivity contribution is 5.94. The zero-order chi connectivity index (χ0) is 14.7. The molecule has 0 bridgehead atoms. The van der Waals surface area contributed by atoms with Gasteiger partial charge in [0.25, 0.3) is 5.91 Å². The Bertz CT molecular complexity index is 618. The van der Waals surface area contributed by atoms with Gasteiger partial charge in [0.05, 0.1) is 7.11 Å². The van der Waals surface area contributed by atoms with Gasteiger partial charge in [-0.3, -0.25) is 4.79 Å². The van der Waals surface area contributed by atoms with E-state index in [1.807, 2.05) is 18.2 Å². The summed E-state index contributed by atoms with van der Waals surface area (Å²) in [5.41, 5.74) is 2.43. The molecule has 0 heterocycles. The van der Waals surface area contributed by atoms with Gasteiger partial charge in [0.2, 0.25) is 0 Å². The number of aromatic hydroxyl groups is 1. The van der Waals surface area contributed by atoms with Gasteiger partial charge in [-0.2, -0.15) is 0 Å². The minimum atomic E-state index is -0.0332. The number of nitrogens with zero attached hydrogens (tertiary/aromatic N) is 1. The number of hydrogen-bond donors (Lipinski definition) is 1. The molecular weight excluding hydrogens is 254 g/mol. The minimum Gasteiger partial charge on any atom is -0.504 e. The quantitative estimate of drug-likeness (QED) is 0.933. The molecule has 0 spiro atoms. The van der Waals surface area contributed by atoms with Gasteiger partial charge in [0.15, 0.2) is 11.5 Å². The van der Waals surface area contributed by atoms with E-state index >= 15 is 0 Å². The molecule has 0 atom stereocenters. The smallest absolute Gasteiger partial charge is 0.253 e. The second-order valence-corrected chi connectivity index (χ2v) is 4.66. The maximum absolute atomic E-state index is 11.8. The lowest BCUT2D eigenvalue weighted by molar-refractivity contribution is 0.0827. The number of carbonyl (C=O) groups is 1. The summed E-state index contributed by atoms with van der Waals surface area (Å²) in [6.07, 6.45) is 0. The van der Waals surface area contributed by atoms with E-state index in [4.69, 9.17) is 4.74 Å². The van der Waals surface area contributed by atoms with Crippen molar-refractivity contribution in [3.8, 4) is 22.6 Å². The van der Waals surface area contributed by atoms with Crippen molar-refractivity contribution in [2.45, 2.75) is 0 Å². The van der Waals surface area contributed by atoms with Crippen LogP contribution in [0.4, 0.5) is 0 Å². The third kappa shape index (κ3) is 2.74. The van der Waals surface area contributed by atoms with Gasteiger partial charge in [-0.15, -0.1) is 0 Å². The van der Waals surface area contributed by atoms with E-state index in [1.54, 1.807) is 38.4 Å². The van der Waals surface area contributed by atoms with Crippen LogP contribution in [0.25, 0.3) is 11.1 Å². The largest absolute Gasteiger partial charge is 0.504 e. The highest BCUT2D eigenvalue weighted by atomic mass is 16.5. The molecular formula is C16H17NO3. The zero-order valence-corrected chi connectivity index (χ0v) is 11.8. The molecule has 0 unspecified atom stereocenters. The Morgan fingerprint density at radius 2 is 1.65 bits per heavy atom. The molecule has 0 aliphatic heterocycles. The maximum Gasteiger partial charge on any atom is 0.253 e. The number of benzene rings is 2. The van der Waals surface area contributed by atoms with Gasteiger partial charge in [-0.05, 0) is 35.4 Å². The lowest BCUT2D eigenvalue weighted by atomic mass is 10.0. The van der Waals surface area contributed by atoms with Crippen molar-refractivity contribution in [1.29, 1.82) is 0 Å². The summed E-state index contributed by atoms with van der Waals surface area (Å²) in [4.78, 5) is 13.3. The minimum absolute atomic E-state index is 0.0332. The van der Waals surface area contributed by atoms with Gasteiger partial charge >= 0.3 is 0 Å². The molecule has 2 rings (SSSR count). The molecule has 2 aromatic carbocycles. The first-order chi connectivity index (χ1) is 9.52. The van der Waals surface area contributed by atoms with Gasteiger partial charge in [-0.25, -0.2) is 0 Å². The molecule has 4 heteroatoms. The normalized spacial score (nSPS) is 10.2. The molecule has 4 nitrogen and oxygen atoms in total. The number of methoxy groups -OCH3 is 1. The average molecular weight is 271 g/mol. The number of phenols is 1. The molecule has 2 aromatic rings. The summed E-state index contributed by atoms with van der Waals surface area (Å²) in [5.74, 6) is 0.501. The average Bonchev–Trinajstić information content (AvgIpc) is 2.46. The van der Waals surface area contributed by atoms with Crippen LogP contribution in [0.5, 0.6) is 11.5 Å². The molecule has 0 aliphatic rings. The van der Waals surface area contributed by atoms with Crippen LogP contribution in [0.3, 0.4) is 0 Å². The predicted molar refractivity (Wildman–Crippen MR) is 78.1 cm³/mol. The fourth-order valence-electron chi connectivity index (χ4n) is 1.93. The molecule has 0 saturated carbocycles. The molecule has 20 heavy (non-hydrogen) atoms. The predicted octanol–water partition coefficient (Wildman–Crippen LogP) is 2.77. The lowest BCUT2D eigenvalue weighted by Gasteiger charge is -2.11. The summed E-state index contributed by atoms with van der Waals surface area (Å²) >= 11 is 0. The summed E-state index contributed by atoms with van der Waals surface area (Å²) in [6, 6.07) is 12.5. The fraction of sp³-hybridized carbons (Fsp3) is 0.188. The van der Waals surface area contributed by atoms with E-state index in [9.17, 15) is 9.90 Å². The van der Waals surface area contributed by atoms with Crippen molar-refractivity contribution in [3.63, 3.8) is 0 Å². The highest BCUT2D eigenvalue weighted by Crippen LogP contribution is 2.31.